The molecule has 186 valence electrons. The maximum Gasteiger partial charge on any atom is 0.257 e. The SMILES string of the molecule is COc1ccc(S(=O)(=O)N2CCC(c3ccn4ncc(C(=O)N5CCCC5)c4c3)CC2)cc1OC. The summed E-state index contributed by atoms with van der Waals surface area (Å²) in [6.07, 6.45) is 7.02. The van der Waals surface area contributed by atoms with Gasteiger partial charge in [0.25, 0.3) is 5.91 Å². The van der Waals surface area contributed by atoms with E-state index in [4.69, 9.17) is 9.47 Å². The van der Waals surface area contributed by atoms with Crippen LogP contribution in [0.2, 0.25) is 0 Å². The minimum Gasteiger partial charge on any atom is -0.493 e. The molecule has 1 aromatic carbocycles. The normalized spacial score (nSPS) is 17.7. The fourth-order valence-electron chi connectivity index (χ4n) is 5.06. The zero-order chi connectivity index (χ0) is 24.6. The van der Waals surface area contributed by atoms with E-state index in [1.807, 2.05) is 23.2 Å². The molecule has 9 nitrogen and oxygen atoms in total. The fraction of sp³-hybridized carbons (Fsp3) is 0.440. The Balaban J connectivity index is 1.32. The van der Waals surface area contributed by atoms with E-state index in [2.05, 4.69) is 5.10 Å². The van der Waals surface area contributed by atoms with Gasteiger partial charge in [-0.05, 0) is 61.4 Å². The van der Waals surface area contributed by atoms with Crippen molar-refractivity contribution in [2.75, 3.05) is 40.4 Å². The summed E-state index contributed by atoms with van der Waals surface area (Å²) in [5.41, 5.74) is 2.54. The number of nitrogens with zero attached hydrogens (tertiary/aromatic N) is 4. The Morgan fingerprint density at radius 2 is 1.69 bits per heavy atom. The van der Waals surface area contributed by atoms with Crippen LogP contribution in [0.5, 0.6) is 11.5 Å². The van der Waals surface area contributed by atoms with E-state index in [1.165, 1.54) is 24.6 Å². The average molecular weight is 499 g/mol. The maximum absolute atomic E-state index is 13.3. The summed E-state index contributed by atoms with van der Waals surface area (Å²) in [7, 11) is -0.640. The molecule has 0 N–H and O–H groups in total. The Hall–Kier alpha value is -3.11. The van der Waals surface area contributed by atoms with Gasteiger partial charge in [-0.25, -0.2) is 12.9 Å². The Morgan fingerprint density at radius 1 is 0.971 bits per heavy atom. The Bertz CT molecular complexity index is 1340. The van der Waals surface area contributed by atoms with Gasteiger partial charge in [0.15, 0.2) is 11.5 Å². The Kier molecular flexibility index (Phi) is 6.41. The molecule has 0 aliphatic carbocycles. The average Bonchev–Trinajstić information content (AvgIpc) is 3.58. The molecule has 4 heterocycles. The van der Waals surface area contributed by atoms with Gasteiger partial charge >= 0.3 is 0 Å². The van der Waals surface area contributed by atoms with Crippen molar-refractivity contribution < 1.29 is 22.7 Å². The number of hydrogen-bond acceptors (Lipinski definition) is 6. The molecular formula is C25H30N4O5S. The van der Waals surface area contributed by atoms with E-state index in [9.17, 15) is 13.2 Å². The summed E-state index contributed by atoms with van der Waals surface area (Å²) in [5.74, 6) is 1.12. The van der Waals surface area contributed by atoms with Crippen molar-refractivity contribution in [3.63, 3.8) is 0 Å². The van der Waals surface area contributed by atoms with E-state index in [-0.39, 0.29) is 16.7 Å². The Labute approximate surface area is 205 Å². The summed E-state index contributed by atoms with van der Waals surface area (Å²) in [6, 6.07) is 8.73. The lowest BCUT2D eigenvalue weighted by atomic mass is 9.90. The maximum atomic E-state index is 13.3. The highest BCUT2D eigenvalue weighted by molar-refractivity contribution is 7.89. The lowest BCUT2D eigenvalue weighted by Crippen LogP contribution is -2.37. The van der Waals surface area contributed by atoms with Crippen molar-refractivity contribution in [3.05, 3.63) is 53.9 Å². The topological polar surface area (TPSA) is 93.5 Å². The van der Waals surface area contributed by atoms with Gasteiger partial charge in [-0.1, -0.05) is 0 Å². The minimum absolute atomic E-state index is 0.0329. The number of hydrogen-bond donors (Lipinski definition) is 0. The zero-order valence-corrected chi connectivity index (χ0v) is 20.8. The van der Waals surface area contributed by atoms with Crippen molar-refractivity contribution in [1.82, 2.24) is 18.8 Å². The summed E-state index contributed by atoms with van der Waals surface area (Å²) < 4.78 is 40.3. The molecule has 0 unspecified atom stereocenters. The quantitative estimate of drug-likeness (QED) is 0.518. The van der Waals surface area contributed by atoms with Crippen molar-refractivity contribution in [2.24, 2.45) is 0 Å². The van der Waals surface area contributed by atoms with Gasteiger partial charge in [0.2, 0.25) is 10.0 Å². The number of piperidine rings is 1. The number of carbonyl (C=O) groups excluding carboxylic acids is 1. The molecule has 2 saturated heterocycles. The van der Waals surface area contributed by atoms with E-state index < -0.39 is 10.0 Å². The lowest BCUT2D eigenvalue weighted by molar-refractivity contribution is 0.0794. The number of carbonyl (C=O) groups is 1. The smallest absolute Gasteiger partial charge is 0.257 e. The number of fused-ring (bicyclic) bond motifs is 1. The second-order valence-electron chi connectivity index (χ2n) is 9.04. The highest BCUT2D eigenvalue weighted by Gasteiger charge is 2.31. The highest BCUT2D eigenvalue weighted by Crippen LogP contribution is 2.34. The molecule has 0 bridgehead atoms. The van der Waals surface area contributed by atoms with Crippen molar-refractivity contribution in [2.45, 2.75) is 36.5 Å². The third-order valence-corrected chi connectivity index (χ3v) is 8.98. The molecule has 1 amide bonds. The number of aromatic nitrogens is 2. The van der Waals surface area contributed by atoms with E-state index >= 15 is 0 Å². The largest absolute Gasteiger partial charge is 0.493 e. The first kappa shape index (κ1) is 23.6. The van der Waals surface area contributed by atoms with Gasteiger partial charge in [-0.2, -0.15) is 9.40 Å². The predicted octanol–water partition coefficient (Wildman–Crippen LogP) is 3.16. The van der Waals surface area contributed by atoms with Gasteiger partial charge in [0.05, 0.1) is 36.4 Å². The molecule has 0 spiro atoms. The van der Waals surface area contributed by atoms with Crippen molar-refractivity contribution in [1.29, 1.82) is 0 Å². The van der Waals surface area contributed by atoms with Gasteiger partial charge in [0.1, 0.15) is 0 Å². The summed E-state index contributed by atoms with van der Waals surface area (Å²) >= 11 is 0. The highest BCUT2D eigenvalue weighted by atomic mass is 32.2. The number of pyridine rings is 1. The number of sulfonamides is 1. The molecule has 3 aromatic rings. The van der Waals surface area contributed by atoms with Crippen molar-refractivity contribution in [3.8, 4) is 11.5 Å². The third kappa shape index (κ3) is 4.36. The monoisotopic (exact) mass is 498 g/mol. The summed E-state index contributed by atoms with van der Waals surface area (Å²) in [4.78, 5) is 15.1. The number of methoxy groups -OCH3 is 2. The number of amides is 1. The summed E-state index contributed by atoms with van der Waals surface area (Å²) in [6.45, 7) is 2.43. The van der Waals surface area contributed by atoms with Crippen LogP contribution in [-0.2, 0) is 10.0 Å². The molecule has 0 atom stereocenters. The number of likely N-dealkylation sites (tertiary alicyclic amines) is 1. The van der Waals surface area contributed by atoms with Gasteiger partial charge < -0.3 is 14.4 Å². The third-order valence-electron chi connectivity index (χ3n) is 7.09. The predicted molar refractivity (Wildman–Crippen MR) is 131 cm³/mol. The molecular weight excluding hydrogens is 468 g/mol. The second kappa shape index (κ2) is 9.50. The van der Waals surface area contributed by atoms with Crippen LogP contribution in [0, 0.1) is 0 Å². The van der Waals surface area contributed by atoms with Crippen LogP contribution in [0.4, 0.5) is 0 Å². The van der Waals surface area contributed by atoms with Gasteiger partial charge in [-0.3, -0.25) is 4.79 Å². The first-order valence-corrected chi connectivity index (χ1v) is 13.3. The van der Waals surface area contributed by atoms with E-state index in [0.717, 1.165) is 37.0 Å². The van der Waals surface area contributed by atoms with E-state index in [1.54, 1.807) is 22.8 Å². The van der Waals surface area contributed by atoms with Crippen molar-refractivity contribution >= 4 is 21.4 Å². The number of rotatable bonds is 6. The number of benzene rings is 1. The zero-order valence-electron chi connectivity index (χ0n) is 20.0. The standard InChI is InChI=1S/C25H30N4O5S/c1-33-23-6-5-20(16-24(23)34-2)35(31,32)28-12-7-18(8-13-28)19-9-14-29-22(15-19)21(17-26-29)25(30)27-10-3-4-11-27/h5-6,9,14-18H,3-4,7-8,10-13H2,1-2H3. The molecule has 0 radical (unpaired) electrons. The van der Waals surface area contributed by atoms with Crippen LogP contribution in [0.25, 0.3) is 5.52 Å². The molecule has 2 aromatic heterocycles. The molecule has 2 aliphatic heterocycles. The van der Waals surface area contributed by atoms with Crippen LogP contribution >= 0.6 is 0 Å². The second-order valence-corrected chi connectivity index (χ2v) is 11.0. The lowest BCUT2D eigenvalue weighted by Gasteiger charge is -2.31. The molecule has 0 saturated carbocycles. The van der Waals surface area contributed by atoms with Crippen LogP contribution in [0.1, 0.15) is 47.5 Å². The first-order chi connectivity index (χ1) is 16.9. The minimum atomic E-state index is -3.64. The number of ether oxygens (including phenoxy) is 2. The van der Waals surface area contributed by atoms with Crippen LogP contribution < -0.4 is 9.47 Å². The van der Waals surface area contributed by atoms with Gasteiger partial charge in [0, 0.05) is 38.4 Å². The van der Waals surface area contributed by atoms with Gasteiger partial charge in [-0.15, -0.1) is 0 Å². The molecule has 10 heteroatoms. The molecule has 2 aliphatic rings. The van der Waals surface area contributed by atoms with E-state index in [0.29, 0.717) is 43.0 Å². The fourth-order valence-corrected chi connectivity index (χ4v) is 6.55. The molecule has 2 fully saturated rings. The molecule has 35 heavy (non-hydrogen) atoms. The van der Waals surface area contributed by atoms with Crippen LogP contribution in [0.3, 0.4) is 0 Å². The summed E-state index contributed by atoms with van der Waals surface area (Å²) in [5, 5.41) is 4.36. The van der Waals surface area contributed by atoms with Crippen LogP contribution in [0.15, 0.2) is 47.6 Å². The Morgan fingerprint density at radius 3 is 2.37 bits per heavy atom. The van der Waals surface area contributed by atoms with Crippen LogP contribution in [-0.4, -0.2) is 73.5 Å². The molecule has 5 rings (SSSR count). The first-order valence-electron chi connectivity index (χ1n) is 11.9.